The van der Waals surface area contributed by atoms with Crippen LogP contribution in [0, 0.1) is 37.3 Å². The second-order valence-electron chi connectivity index (χ2n) is 9.39. The van der Waals surface area contributed by atoms with E-state index < -0.39 is 35.2 Å². The van der Waals surface area contributed by atoms with Gasteiger partial charge in [0.25, 0.3) is 0 Å². The van der Waals surface area contributed by atoms with Crippen LogP contribution in [0.15, 0.2) is 60.7 Å². The number of phenolic OH excluding ortho intramolecular Hbond substituents is 1. The van der Waals surface area contributed by atoms with Crippen molar-refractivity contribution in [2.45, 2.75) is 19.8 Å². The quantitative estimate of drug-likeness (QED) is 0.468. The minimum absolute atomic E-state index is 0.0724. The molecule has 3 atom stereocenters. The van der Waals surface area contributed by atoms with E-state index in [-0.39, 0.29) is 48.9 Å². The first kappa shape index (κ1) is 25.7. The van der Waals surface area contributed by atoms with Gasteiger partial charge in [0.2, 0.25) is 0 Å². The zero-order chi connectivity index (χ0) is 26.0. The average Bonchev–Trinajstić information content (AvgIpc) is 2.86. The number of aryl methyl sites for hydroxylation is 1. The SMILES string of the molecule is Cc1cccc(C(=O)[C@H]2CN(CCO)C[C@H](C(=O)c3cccc(O)c3)[C@@H]2c2cccc(F)c2C)c1F. The Bertz CT molecular complexity index is 1290. The molecule has 1 aliphatic heterocycles. The molecule has 0 radical (unpaired) electrons. The highest BCUT2D eigenvalue weighted by molar-refractivity contribution is 6.02. The first-order valence-corrected chi connectivity index (χ1v) is 11.9. The van der Waals surface area contributed by atoms with Crippen LogP contribution in [0.3, 0.4) is 0 Å². The number of aromatic hydroxyl groups is 1. The summed E-state index contributed by atoms with van der Waals surface area (Å²) in [6, 6.07) is 15.1. The molecule has 1 fully saturated rings. The van der Waals surface area contributed by atoms with Crippen molar-refractivity contribution in [2.75, 3.05) is 26.2 Å². The third kappa shape index (κ3) is 4.94. The van der Waals surface area contributed by atoms with Crippen LogP contribution in [0.2, 0.25) is 0 Å². The van der Waals surface area contributed by atoms with Crippen LogP contribution < -0.4 is 0 Å². The van der Waals surface area contributed by atoms with Gasteiger partial charge in [0.05, 0.1) is 12.2 Å². The van der Waals surface area contributed by atoms with Crippen molar-refractivity contribution in [3.63, 3.8) is 0 Å². The first-order chi connectivity index (χ1) is 17.2. The largest absolute Gasteiger partial charge is 0.508 e. The minimum atomic E-state index is -0.867. The molecular formula is C29H29F2NO4. The number of hydrogen-bond donors (Lipinski definition) is 2. The predicted octanol–water partition coefficient (Wildman–Crippen LogP) is 4.68. The summed E-state index contributed by atoms with van der Waals surface area (Å²) in [6.45, 7) is 3.62. The number of carbonyl (C=O) groups is 2. The highest BCUT2D eigenvalue weighted by Crippen LogP contribution is 2.42. The fraction of sp³-hybridized carbons (Fsp3) is 0.310. The van der Waals surface area contributed by atoms with E-state index in [0.717, 1.165) is 0 Å². The summed E-state index contributed by atoms with van der Waals surface area (Å²) in [6.07, 6.45) is 0. The van der Waals surface area contributed by atoms with Gasteiger partial charge in [-0.25, -0.2) is 8.78 Å². The van der Waals surface area contributed by atoms with Crippen LogP contribution in [0.4, 0.5) is 8.78 Å². The summed E-state index contributed by atoms with van der Waals surface area (Å²) in [4.78, 5) is 29.5. The van der Waals surface area contributed by atoms with Gasteiger partial charge in [-0.3, -0.25) is 14.5 Å². The molecule has 0 saturated carbocycles. The van der Waals surface area contributed by atoms with Crippen LogP contribution in [0.5, 0.6) is 5.75 Å². The van der Waals surface area contributed by atoms with E-state index in [1.807, 2.05) is 4.90 Å². The number of phenols is 1. The lowest BCUT2D eigenvalue weighted by Gasteiger charge is -2.43. The third-order valence-corrected chi connectivity index (χ3v) is 7.12. The van der Waals surface area contributed by atoms with E-state index in [1.54, 1.807) is 50.2 Å². The molecule has 36 heavy (non-hydrogen) atoms. The molecule has 5 nitrogen and oxygen atoms in total. The van der Waals surface area contributed by atoms with Gasteiger partial charge in [0.1, 0.15) is 17.4 Å². The van der Waals surface area contributed by atoms with Crippen LogP contribution in [0.1, 0.15) is 43.3 Å². The lowest BCUT2D eigenvalue weighted by atomic mass is 9.67. The van der Waals surface area contributed by atoms with Gasteiger partial charge in [-0.15, -0.1) is 0 Å². The van der Waals surface area contributed by atoms with Crippen molar-refractivity contribution in [1.82, 2.24) is 4.90 Å². The number of benzene rings is 3. The lowest BCUT2D eigenvalue weighted by Crippen LogP contribution is -2.51. The number of rotatable bonds is 7. The van der Waals surface area contributed by atoms with Crippen LogP contribution in [-0.2, 0) is 0 Å². The van der Waals surface area contributed by atoms with Crippen molar-refractivity contribution in [1.29, 1.82) is 0 Å². The van der Waals surface area contributed by atoms with E-state index in [9.17, 15) is 24.2 Å². The third-order valence-electron chi connectivity index (χ3n) is 7.12. The predicted molar refractivity (Wildman–Crippen MR) is 132 cm³/mol. The summed E-state index contributed by atoms with van der Waals surface area (Å²) in [5, 5.41) is 19.6. The summed E-state index contributed by atoms with van der Waals surface area (Å²) < 4.78 is 29.8. The maximum Gasteiger partial charge on any atom is 0.170 e. The Balaban J connectivity index is 1.89. The van der Waals surface area contributed by atoms with Crippen molar-refractivity contribution >= 4 is 11.6 Å². The Labute approximate surface area is 209 Å². The number of carbonyl (C=O) groups excluding carboxylic acids is 2. The Morgan fingerprint density at radius 3 is 2.31 bits per heavy atom. The smallest absolute Gasteiger partial charge is 0.170 e. The molecular weight excluding hydrogens is 464 g/mol. The molecule has 3 aromatic carbocycles. The Morgan fingerprint density at radius 2 is 1.61 bits per heavy atom. The number of likely N-dealkylation sites (tertiary alicyclic amines) is 1. The Kier molecular flexibility index (Phi) is 7.62. The molecule has 2 N–H and O–H groups in total. The number of aliphatic hydroxyl groups excluding tert-OH is 1. The molecule has 188 valence electrons. The van der Waals surface area contributed by atoms with E-state index in [1.165, 1.54) is 24.3 Å². The molecule has 0 bridgehead atoms. The highest BCUT2D eigenvalue weighted by atomic mass is 19.1. The molecule has 0 spiro atoms. The zero-order valence-electron chi connectivity index (χ0n) is 20.2. The second kappa shape index (κ2) is 10.7. The van der Waals surface area contributed by atoms with Gasteiger partial charge in [-0.05, 0) is 54.8 Å². The number of nitrogens with zero attached hydrogens (tertiary/aromatic N) is 1. The fourth-order valence-corrected chi connectivity index (χ4v) is 5.28. The van der Waals surface area contributed by atoms with E-state index in [2.05, 4.69) is 0 Å². The summed E-state index contributed by atoms with van der Waals surface area (Å²) in [7, 11) is 0. The van der Waals surface area contributed by atoms with Crippen LogP contribution in [0.25, 0.3) is 0 Å². The molecule has 0 aromatic heterocycles. The van der Waals surface area contributed by atoms with Crippen molar-refractivity contribution in [2.24, 2.45) is 11.8 Å². The molecule has 4 rings (SSSR count). The molecule has 1 aliphatic rings. The Morgan fingerprint density at radius 1 is 0.944 bits per heavy atom. The Hall–Kier alpha value is -3.42. The van der Waals surface area contributed by atoms with Crippen molar-refractivity contribution < 1.29 is 28.6 Å². The standard InChI is InChI=1S/C29H29F2NO4/c1-17-6-3-10-22(27(17)31)29(36)24-16-32(12-13-33)15-23(28(35)19-7-4-8-20(34)14-19)26(24)21-9-5-11-25(30)18(21)2/h3-11,14,23-24,26,33-34H,12-13,15-16H2,1-2H3/t23-,24-,26-/m0/s1. The topological polar surface area (TPSA) is 77.8 Å². The number of ketones is 2. The number of piperidine rings is 1. The number of aliphatic hydroxyl groups is 1. The maximum atomic E-state index is 15.1. The van der Waals surface area contributed by atoms with E-state index >= 15 is 4.39 Å². The molecule has 0 unspecified atom stereocenters. The maximum absolute atomic E-state index is 15.1. The van der Waals surface area contributed by atoms with Gasteiger partial charge in [0, 0.05) is 43.0 Å². The number of hydrogen-bond acceptors (Lipinski definition) is 5. The van der Waals surface area contributed by atoms with Gasteiger partial charge >= 0.3 is 0 Å². The zero-order valence-corrected chi connectivity index (χ0v) is 20.2. The van der Waals surface area contributed by atoms with Gasteiger partial charge in [-0.1, -0.05) is 36.4 Å². The number of halogens is 2. The molecule has 0 amide bonds. The van der Waals surface area contributed by atoms with Crippen LogP contribution >= 0.6 is 0 Å². The first-order valence-electron chi connectivity index (χ1n) is 11.9. The molecule has 1 saturated heterocycles. The fourth-order valence-electron chi connectivity index (χ4n) is 5.28. The summed E-state index contributed by atoms with van der Waals surface area (Å²) >= 11 is 0. The molecule has 3 aromatic rings. The molecule has 7 heteroatoms. The van der Waals surface area contributed by atoms with E-state index in [0.29, 0.717) is 16.7 Å². The van der Waals surface area contributed by atoms with Gasteiger partial charge in [-0.2, -0.15) is 0 Å². The minimum Gasteiger partial charge on any atom is -0.508 e. The van der Waals surface area contributed by atoms with E-state index in [4.69, 9.17) is 0 Å². The average molecular weight is 494 g/mol. The summed E-state index contributed by atoms with van der Waals surface area (Å²) in [5.74, 6) is -4.34. The number of β-amino-alcohol motifs (C(OH)–C–C–N with tert-alkyl or cyclic N) is 1. The molecule has 1 heterocycles. The molecule has 0 aliphatic carbocycles. The van der Waals surface area contributed by atoms with Crippen LogP contribution in [-0.4, -0.2) is 52.9 Å². The van der Waals surface area contributed by atoms with Crippen molar-refractivity contribution in [3.05, 3.63) is 100 Å². The second-order valence-corrected chi connectivity index (χ2v) is 9.39. The monoisotopic (exact) mass is 493 g/mol. The van der Waals surface area contributed by atoms with Gasteiger partial charge < -0.3 is 10.2 Å². The normalized spacial score (nSPS) is 20.3. The summed E-state index contributed by atoms with van der Waals surface area (Å²) in [5.41, 5.74) is 1.36. The van der Waals surface area contributed by atoms with Crippen molar-refractivity contribution in [3.8, 4) is 5.75 Å². The van der Waals surface area contributed by atoms with Gasteiger partial charge in [0.15, 0.2) is 11.6 Å². The lowest BCUT2D eigenvalue weighted by molar-refractivity contribution is 0.0526. The number of Topliss-reactive ketones (excluding diaryl/α,β-unsaturated/α-hetero) is 2. The highest BCUT2D eigenvalue weighted by Gasteiger charge is 2.45.